The highest BCUT2D eigenvalue weighted by atomic mass is 35.5. The predicted molar refractivity (Wildman–Crippen MR) is 110 cm³/mol. The second-order valence-electron chi connectivity index (χ2n) is 5.70. The number of hydrogen-bond donors (Lipinski definition) is 0. The minimum absolute atomic E-state index is 0.118. The minimum atomic E-state index is -0.360. The number of ether oxygens (including phenoxy) is 1. The monoisotopic (exact) mass is 416 g/mol. The summed E-state index contributed by atoms with van der Waals surface area (Å²) in [5.41, 5.74) is 0.532. The van der Waals surface area contributed by atoms with Crippen LogP contribution in [0.2, 0.25) is 5.02 Å². The molecule has 0 N–H and O–H groups in total. The summed E-state index contributed by atoms with van der Waals surface area (Å²) in [4.78, 5) is 29.2. The molecule has 0 atom stereocenters. The Morgan fingerprint density at radius 1 is 1.22 bits per heavy atom. The van der Waals surface area contributed by atoms with Crippen LogP contribution in [0.4, 0.5) is 0 Å². The molecule has 4 rings (SSSR count). The number of esters is 1. The van der Waals surface area contributed by atoms with Crippen LogP contribution in [0.1, 0.15) is 5.69 Å². The third-order valence-electron chi connectivity index (χ3n) is 3.88. The fourth-order valence-corrected chi connectivity index (χ4v) is 4.33. The Hall–Kier alpha value is -2.35. The van der Waals surface area contributed by atoms with Crippen molar-refractivity contribution >= 4 is 56.4 Å². The van der Waals surface area contributed by atoms with Gasteiger partial charge in [-0.05, 0) is 12.1 Å². The Balaban J connectivity index is 1.41. The molecule has 5 nitrogen and oxygen atoms in total. The van der Waals surface area contributed by atoms with Gasteiger partial charge in [-0.1, -0.05) is 35.9 Å². The lowest BCUT2D eigenvalue weighted by atomic mass is 10.1. The van der Waals surface area contributed by atoms with Gasteiger partial charge in [-0.15, -0.1) is 23.1 Å². The van der Waals surface area contributed by atoms with Gasteiger partial charge in [0.25, 0.3) is 5.56 Å². The fourth-order valence-electron chi connectivity index (χ4n) is 2.68. The largest absolute Gasteiger partial charge is 0.425 e. The van der Waals surface area contributed by atoms with Crippen molar-refractivity contribution in [3.63, 3.8) is 0 Å². The van der Waals surface area contributed by atoms with Gasteiger partial charge in [-0.25, -0.2) is 4.98 Å². The number of aromatic nitrogens is 2. The van der Waals surface area contributed by atoms with Crippen molar-refractivity contribution < 1.29 is 9.53 Å². The highest BCUT2D eigenvalue weighted by Crippen LogP contribution is 2.31. The summed E-state index contributed by atoms with van der Waals surface area (Å²) in [5, 5.41) is 4.06. The molecule has 0 aliphatic heterocycles. The number of thioether (sulfide) groups is 1. The van der Waals surface area contributed by atoms with Crippen LogP contribution in [0.15, 0.2) is 58.8 Å². The molecular weight excluding hydrogens is 404 g/mol. The van der Waals surface area contributed by atoms with Crippen molar-refractivity contribution in [3.8, 4) is 5.75 Å². The standard InChI is InChI=1S/C19H13ClN2O3S2/c20-15-5-6-16(14-4-2-1-3-13(14)15)25-18(24)11-26-10-12-9-17(23)22-7-8-27-19(22)21-12/h1-9H,10-11H2. The van der Waals surface area contributed by atoms with Gasteiger partial charge in [0.15, 0.2) is 4.96 Å². The summed E-state index contributed by atoms with van der Waals surface area (Å²) in [6, 6.07) is 12.4. The summed E-state index contributed by atoms with van der Waals surface area (Å²) < 4.78 is 7.00. The second kappa shape index (κ2) is 7.72. The molecule has 0 saturated heterocycles. The number of benzene rings is 2. The van der Waals surface area contributed by atoms with Gasteiger partial charge in [-0.2, -0.15) is 0 Å². The molecule has 0 aliphatic carbocycles. The van der Waals surface area contributed by atoms with Gasteiger partial charge in [0.1, 0.15) is 5.75 Å². The van der Waals surface area contributed by atoms with Crippen molar-refractivity contribution in [1.82, 2.24) is 9.38 Å². The maximum atomic E-state index is 12.2. The van der Waals surface area contributed by atoms with Crippen LogP contribution in [0, 0.1) is 0 Å². The van der Waals surface area contributed by atoms with Crippen LogP contribution in [-0.4, -0.2) is 21.1 Å². The van der Waals surface area contributed by atoms with E-state index in [1.165, 1.54) is 33.6 Å². The zero-order chi connectivity index (χ0) is 18.8. The molecule has 0 aliphatic rings. The normalized spacial score (nSPS) is 11.1. The van der Waals surface area contributed by atoms with Crippen LogP contribution in [0.3, 0.4) is 0 Å². The Kier molecular flexibility index (Phi) is 5.15. The van der Waals surface area contributed by atoms with Crippen LogP contribution < -0.4 is 10.3 Å². The van der Waals surface area contributed by atoms with Crippen molar-refractivity contribution in [2.75, 3.05) is 5.75 Å². The van der Waals surface area contributed by atoms with E-state index >= 15 is 0 Å². The number of carbonyl (C=O) groups excluding carboxylic acids is 1. The molecule has 0 bridgehead atoms. The van der Waals surface area contributed by atoms with Gasteiger partial charge in [0, 0.05) is 39.2 Å². The van der Waals surface area contributed by atoms with E-state index < -0.39 is 0 Å². The number of rotatable bonds is 5. The lowest BCUT2D eigenvalue weighted by Gasteiger charge is -2.09. The Morgan fingerprint density at radius 3 is 2.89 bits per heavy atom. The van der Waals surface area contributed by atoms with Crippen molar-refractivity contribution in [1.29, 1.82) is 0 Å². The van der Waals surface area contributed by atoms with E-state index in [9.17, 15) is 9.59 Å². The molecule has 8 heteroatoms. The molecule has 4 aromatic rings. The lowest BCUT2D eigenvalue weighted by Crippen LogP contribution is -2.14. The molecule has 0 fully saturated rings. The number of nitrogens with zero attached hydrogens (tertiary/aromatic N) is 2. The van der Waals surface area contributed by atoms with E-state index in [2.05, 4.69) is 4.98 Å². The SMILES string of the molecule is O=C(CSCc1cc(=O)n2ccsc2n1)Oc1ccc(Cl)c2ccccc12. The molecule has 2 aromatic heterocycles. The van der Waals surface area contributed by atoms with Crippen molar-refractivity contribution in [3.05, 3.63) is 75.1 Å². The molecule has 0 saturated carbocycles. The fraction of sp³-hybridized carbons (Fsp3) is 0.105. The first kappa shape index (κ1) is 18.0. The topological polar surface area (TPSA) is 60.7 Å². The molecule has 0 spiro atoms. The highest BCUT2D eigenvalue weighted by Gasteiger charge is 2.11. The van der Waals surface area contributed by atoms with Gasteiger partial charge >= 0.3 is 5.97 Å². The van der Waals surface area contributed by atoms with E-state index in [0.29, 0.717) is 27.2 Å². The smallest absolute Gasteiger partial charge is 0.321 e. The first-order valence-corrected chi connectivity index (χ1v) is 10.4. The molecule has 2 aromatic carbocycles. The molecule has 0 amide bonds. The summed E-state index contributed by atoms with van der Waals surface area (Å²) in [6.45, 7) is 0. The van der Waals surface area contributed by atoms with E-state index in [1.807, 2.05) is 29.6 Å². The molecule has 0 unspecified atom stereocenters. The molecular formula is C19H13ClN2O3S2. The van der Waals surface area contributed by atoms with Gasteiger partial charge in [0.2, 0.25) is 0 Å². The quantitative estimate of drug-likeness (QED) is 0.356. The van der Waals surface area contributed by atoms with E-state index in [4.69, 9.17) is 16.3 Å². The summed E-state index contributed by atoms with van der Waals surface area (Å²) >= 11 is 8.94. The summed E-state index contributed by atoms with van der Waals surface area (Å²) in [6.07, 6.45) is 1.69. The van der Waals surface area contributed by atoms with Crippen molar-refractivity contribution in [2.45, 2.75) is 5.75 Å². The Bertz CT molecular complexity index is 1200. The van der Waals surface area contributed by atoms with E-state index in [-0.39, 0.29) is 17.3 Å². The Morgan fingerprint density at radius 2 is 2.04 bits per heavy atom. The van der Waals surface area contributed by atoms with Crippen LogP contribution in [0.5, 0.6) is 5.75 Å². The van der Waals surface area contributed by atoms with Crippen LogP contribution >= 0.6 is 34.7 Å². The minimum Gasteiger partial charge on any atom is -0.425 e. The molecule has 27 heavy (non-hydrogen) atoms. The number of halogens is 1. The third-order valence-corrected chi connectivity index (χ3v) is 5.91. The third kappa shape index (κ3) is 3.85. The maximum absolute atomic E-state index is 12.2. The lowest BCUT2D eigenvalue weighted by molar-refractivity contribution is -0.131. The van der Waals surface area contributed by atoms with Gasteiger partial charge in [-0.3, -0.25) is 14.0 Å². The van der Waals surface area contributed by atoms with Crippen LogP contribution in [0.25, 0.3) is 15.7 Å². The van der Waals surface area contributed by atoms with E-state index in [1.54, 1.807) is 18.3 Å². The van der Waals surface area contributed by atoms with Gasteiger partial charge in [0.05, 0.1) is 11.4 Å². The maximum Gasteiger partial charge on any atom is 0.321 e. The van der Waals surface area contributed by atoms with E-state index in [0.717, 1.165) is 10.8 Å². The predicted octanol–water partition coefficient (Wildman–Crippen LogP) is 4.40. The first-order valence-electron chi connectivity index (χ1n) is 8.03. The summed E-state index contributed by atoms with van der Waals surface area (Å²) in [7, 11) is 0. The highest BCUT2D eigenvalue weighted by molar-refractivity contribution is 7.99. The number of carbonyl (C=O) groups is 1. The molecule has 2 heterocycles. The average molecular weight is 417 g/mol. The average Bonchev–Trinajstić information content (AvgIpc) is 3.14. The zero-order valence-electron chi connectivity index (χ0n) is 13.9. The second-order valence-corrected chi connectivity index (χ2v) is 7.97. The summed E-state index contributed by atoms with van der Waals surface area (Å²) in [5.74, 6) is 0.737. The molecule has 136 valence electrons. The number of hydrogen-bond acceptors (Lipinski definition) is 6. The number of thiazole rings is 1. The Labute approximate surface area is 167 Å². The van der Waals surface area contributed by atoms with Crippen LogP contribution in [-0.2, 0) is 10.5 Å². The number of fused-ring (bicyclic) bond motifs is 2. The first-order chi connectivity index (χ1) is 13.1. The zero-order valence-corrected chi connectivity index (χ0v) is 16.3. The van der Waals surface area contributed by atoms with Crippen molar-refractivity contribution in [2.24, 2.45) is 0 Å². The van der Waals surface area contributed by atoms with Gasteiger partial charge < -0.3 is 4.74 Å². The molecule has 0 radical (unpaired) electrons.